The minimum absolute atomic E-state index is 0.193. The lowest BCUT2D eigenvalue weighted by Gasteiger charge is -2.34. The van der Waals surface area contributed by atoms with Crippen LogP contribution in [0.1, 0.15) is 12.5 Å². The van der Waals surface area contributed by atoms with E-state index < -0.39 is 5.60 Å². The van der Waals surface area contributed by atoms with Gasteiger partial charge in [-0.2, -0.15) is 5.10 Å². The lowest BCUT2D eigenvalue weighted by molar-refractivity contribution is -0.119. The molecule has 0 saturated carbocycles. The van der Waals surface area contributed by atoms with E-state index in [1.165, 1.54) is 6.33 Å². The van der Waals surface area contributed by atoms with Crippen LogP contribution in [-0.2, 0) is 21.7 Å². The van der Waals surface area contributed by atoms with Crippen molar-refractivity contribution in [3.05, 3.63) is 46.5 Å². The molecule has 6 nitrogen and oxygen atoms in total. The molecule has 0 radical (unpaired) electrons. The number of rotatable bonds is 4. The molecule has 0 bridgehead atoms. The van der Waals surface area contributed by atoms with Crippen molar-refractivity contribution in [3.63, 3.8) is 0 Å². The van der Waals surface area contributed by atoms with Crippen molar-refractivity contribution < 1.29 is 9.53 Å². The molecule has 0 spiro atoms. The summed E-state index contributed by atoms with van der Waals surface area (Å²) in [6, 6.07) is 5.03. The molecule has 1 aliphatic heterocycles. The van der Waals surface area contributed by atoms with Gasteiger partial charge in [0.2, 0.25) is 6.41 Å². The summed E-state index contributed by atoms with van der Waals surface area (Å²) in [4.78, 5) is 16.8. The average molecular weight is 341 g/mol. The Hall–Kier alpha value is -1.63. The quantitative estimate of drug-likeness (QED) is 0.801. The number of amides is 1. The normalized spacial score (nSPS) is 24.7. The summed E-state index contributed by atoms with van der Waals surface area (Å²) in [5.41, 5.74) is -0.0399. The largest absolute Gasteiger partial charge is 0.346 e. The third kappa shape index (κ3) is 2.47. The smallest absolute Gasteiger partial charge is 0.211 e. The number of carbonyl (C=O) groups excluding carboxylic acids is 1. The van der Waals surface area contributed by atoms with Gasteiger partial charge in [-0.15, -0.1) is 0 Å². The van der Waals surface area contributed by atoms with Gasteiger partial charge in [0, 0.05) is 15.6 Å². The van der Waals surface area contributed by atoms with Gasteiger partial charge < -0.3 is 9.64 Å². The lowest BCUT2D eigenvalue weighted by Crippen LogP contribution is -2.44. The molecule has 1 aromatic carbocycles. The Morgan fingerprint density at radius 1 is 1.50 bits per heavy atom. The van der Waals surface area contributed by atoms with E-state index in [-0.39, 0.29) is 12.8 Å². The van der Waals surface area contributed by atoms with Crippen LogP contribution in [0.2, 0.25) is 10.0 Å². The summed E-state index contributed by atoms with van der Waals surface area (Å²) in [7, 11) is 0. The van der Waals surface area contributed by atoms with Crippen molar-refractivity contribution in [1.82, 2.24) is 19.7 Å². The molecule has 2 heterocycles. The van der Waals surface area contributed by atoms with Crippen molar-refractivity contribution in [2.24, 2.45) is 0 Å². The van der Waals surface area contributed by atoms with Crippen LogP contribution in [0.15, 0.2) is 30.9 Å². The first-order valence-electron chi connectivity index (χ1n) is 6.70. The molecule has 8 heteroatoms. The zero-order chi connectivity index (χ0) is 15.7. The van der Waals surface area contributed by atoms with Crippen LogP contribution >= 0.6 is 23.2 Å². The number of aromatic nitrogens is 3. The zero-order valence-corrected chi connectivity index (χ0v) is 13.3. The maximum Gasteiger partial charge on any atom is 0.211 e. The van der Waals surface area contributed by atoms with Gasteiger partial charge in [-0.05, 0) is 19.1 Å². The van der Waals surface area contributed by atoms with E-state index in [1.54, 1.807) is 28.0 Å². The highest BCUT2D eigenvalue weighted by molar-refractivity contribution is 6.35. The fourth-order valence-corrected chi connectivity index (χ4v) is 3.33. The van der Waals surface area contributed by atoms with Gasteiger partial charge in [0.1, 0.15) is 25.0 Å². The van der Waals surface area contributed by atoms with Crippen LogP contribution in [0.25, 0.3) is 0 Å². The Kier molecular flexibility index (Phi) is 4.08. The van der Waals surface area contributed by atoms with Crippen LogP contribution in [0.3, 0.4) is 0 Å². The molecule has 2 atom stereocenters. The van der Waals surface area contributed by atoms with Crippen LogP contribution < -0.4 is 0 Å². The number of hydrogen-bond donors (Lipinski definition) is 0. The van der Waals surface area contributed by atoms with E-state index in [4.69, 9.17) is 27.9 Å². The highest BCUT2D eigenvalue weighted by Crippen LogP contribution is 2.42. The van der Waals surface area contributed by atoms with E-state index in [1.807, 2.05) is 13.0 Å². The molecule has 116 valence electrons. The van der Waals surface area contributed by atoms with E-state index in [9.17, 15) is 4.79 Å². The second-order valence-electron chi connectivity index (χ2n) is 5.18. The standard InChI is InChI=1S/C14H14Cl2N4O2/c1-10-14(22-9-19(10)8-21,5-20-7-17-6-18-20)12-3-2-11(15)4-13(12)16/h2-4,6-8,10H,5,9H2,1H3/t10-,14-/m0/s1. The maximum absolute atomic E-state index is 11.2. The van der Waals surface area contributed by atoms with Gasteiger partial charge in [-0.3, -0.25) is 4.79 Å². The molecule has 1 fully saturated rings. The predicted octanol–water partition coefficient (Wildman–Crippen LogP) is 2.31. The highest BCUT2D eigenvalue weighted by atomic mass is 35.5. The maximum atomic E-state index is 11.2. The van der Waals surface area contributed by atoms with E-state index in [2.05, 4.69) is 10.1 Å². The highest BCUT2D eigenvalue weighted by Gasteiger charge is 2.49. The van der Waals surface area contributed by atoms with E-state index in [0.717, 1.165) is 12.0 Å². The van der Waals surface area contributed by atoms with Gasteiger partial charge in [0.05, 0.1) is 12.6 Å². The summed E-state index contributed by atoms with van der Waals surface area (Å²) in [6.45, 7) is 2.50. The monoisotopic (exact) mass is 340 g/mol. The minimum Gasteiger partial charge on any atom is -0.346 e. The van der Waals surface area contributed by atoms with E-state index >= 15 is 0 Å². The third-order valence-corrected chi connectivity index (χ3v) is 4.58. The molecule has 0 N–H and O–H groups in total. The van der Waals surface area contributed by atoms with Gasteiger partial charge in [-0.1, -0.05) is 29.3 Å². The predicted molar refractivity (Wildman–Crippen MR) is 81.5 cm³/mol. The average Bonchev–Trinajstić information content (AvgIpc) is 3.09. The first-order chi connectivity index (χ1) is 10.6. The van der Waals surface area contributed by atoms with Crippen molar-refractivity contribution in [2.45, 2.75) is 25.1 Å². The van der Waals surface area contributed by atoms with Gasteiger partial charge in [0.25, 0.3) is 0 Å². The zero-order valence-electron chi connectivity index (χ0n) is 11.8. The van der Waals surface area contributed by atoms with Gasteiger partial charge in [0.15, 0.2) is 0 Å². The second-order valence-corrected chi connectivity index (χ2v) is 6.02. The number of nitrogens with zero attached hydrogens (tertiary/aromatic N) is 4. The molecule has 2 aromatic rings. The number of halogens is 2. The molecule has 0 unspecified atom stereocenters. The van der Waals surface area contributed by atoms with E-state index in [0.29, 0.717) is 16.6 Å². The summed E-state index contributed by atoms with van der Waals surface area (Å²) in [5, 5.41) is 5.17. The Balaban J connectivity index is 2.08. The van der Waals surface area contributed by atoms with Gasteiger partial charge >= 0.3 is 0 Å². The molecule has 1 amide bonds. The van der Waals surface area contributed by atoms with Crippen molar-refractivity contribution in [2.75, 3.05) is 6.73 Å². The molecule has 22 heavy (non-hydrogen) atoms. The van der Waals surface area contributed by atoms with Crippen LogP contribution in [0.5, 0.6) is 0 Å². The van der Waals surface area contributed by atoms with Crippen molar-refractivity contribution in [1.29, 1.82) is 0 Å². The Labute approximate surface area is 137 Å². The molecule has 3 rings (SSSR count). The number of carbonyl (C=O) groups is 1. The molecular formula is C14H14Cl2N4O2. The minimum atomic E-state index is -0.809. The number of ether oxygens (including phenoxy) is 1. The summed E-state index contributed by atoms with van der Waals surface area (Å²) in [5.74, 6) is 0. The van der Waals surface area contributed by atoms with Crippen molar-refractivity contribution >= 4 is 29.6 Å². The van der Waals surface area contributed by atoms with Crippen LogP contribution in [-0.4, -0.2) is 38.8 Å². The van der Waals surface area contributed by atoms with Crippen LogP contribution in [0, 0.1) is 0 Å². The molecule has 1 aliphatic rings. The Morgan fingerprint density at radius 2 is 2.32 bits per heavy atom. The first-order valence-corrected chi connectivity index (χ1v) is 7.45. The van der Waals surface area contributed by atoms with Crippen molar-refractivity contribution in [3.8, 4) is 0 Å². The Morgan fingerprint density at radius 3 is 2.91 bits per heavy atom. The molecular weight excluding hydrogens is 327 g/mol. The number of hydrogen-bond acceptors (Lipinski definition) is 4. The lowest BCUT2D eigenvalue weighted by atomic mass is 9.87. The summed E-state index contributed by atoms with van der Waals surface area (Å²) in [6.07, 6.45) is 3.83. The SMILES string of the molecule is C[C@@H]1N(C=O)CO[C@]1(Cn1cncn1)c1ccc(Cl)cc1Cl. The number of benzene rings is 1. The van der Waals surface area contributed by atoms with Gasteiger partial charge in [-0.25, -0.2) is 9.67 Å². The fourth-order valence-electron chi connectivity index (χ4n) is 2.77. The van der Waals surface area contributed by atoms with Crippen LogP contribution in [0.4, 0.5) is 0 Å². The third-order valence-electron chi connectivity index (χ3n) is 4.03. The Bertz CT molecular complexity index is 679. The molecule has 0 aliphatic carbocycles. The fraction of sp³-hybridized carbons (Fsp3) is 0.357. The second kappa shape index (κ2) is 5.87. The molecule has 1 aromatic heterocycles. The first kappa shape index (κ1) is 15.3. The summed E-state index contributed by atoms with van der Waals surface area (Å²) < 4.78 is 7.68. The molecule has 1 saturated heterocycles. The summed E-state index contributed by atoms with van der Waals surface area (Å²) >= 11 is 12.4. The topological polar surface area (TPSA) is 60.2 Å².